The summed E-state index contributed by atoms with van der Waals surface area (Å²) in [5, 5.41) is 0. The van der Waals surface area contributed by atoms with E-state index in [2.05, 4.69) is 37.0 Å². The van der Waals surface area contributed by atoms with Crippen LogP contribution in [-0.2, 0) is 6.42 Å². The molecular weight excluding hydrogens is 350 g/mol. The molecule has 0 heterocycles. The molecule has 0 unspecified atom stereocenters. The van der Waals surface area contributed by atoms with E-state index < -0.39 is 11.6 Å². The molecule has 0 N–H and O–H groups in total. The van der Waals surface area contributed by atoms with E-state index in [9.17, 15) is 8.78 Å². The van der Waals surface area contributed by atoms with Crippen molar-refractivity contribution in [1.29, 1.82) is 0 Å². The SMILES string of the molecule is C#Cc1c(F)cc(C#Cc2ccc(-c3ccccc3CCCC)cc2)cc1F. The minimum absolute atomic E-state index is 0.253. The van der Waals surface area contributed by atoms with Crippen LogP contribution in [0.4, 0.5) is 8.78 Å². The van der Waals surface area contributed by atoms with E-state index in [4.69, 9.17) is 6.42 Å². The van der Waals surface area contributed by atoms with Gasteiger partial charge >= 0.3 is 0 Å². The van der Waals surface area contributed by atoms with Crippen LogP contribution in [0.2, 0.25) is 0 Å². The molecule has 0 radical (unpaired) electrons. The molecule has 0 bridgehead atoms. The van der Waals surface area contributed by atoms with Gasteiger partial charge in [-0.15, -0.1) is 6.42 Å². The lowest BCUT2D eigenvalue weighted by molar-refractivity contribution is 0.577. The van der Waals surface area contributed by atoms with E-state index in [-0.39, 0.29) is 11.1 Å². The average Bonchev–Trinajstić information content (AvgIpc) is 2.71. The lowest BCUT2D eigenvalue weighted by Crippen LogP contribution is -1.92. The van der Waals surface area contributed by atoms with E-state index >= 15 is 0 Å². The van der Waals surface area contributed by atoms with Crippen LogP contribution in [0.25, 0.3) is 11.1 Å². The largest absolute Gasteiger partial charge is 0.205 e. The minimum atomic E-state index is -0.772. The number of hydrogen-bond acceptors (Lipinski definition) is 0. The molecule has 28 heavy (non-hydrogen) atoms. The van der Waals surface area contributed by atoms with Gasteiger partial charge in [-0.2, -0.15) is 0 Å². The first kappa shape index (κ1) is 19.4. The zero-order chi connectivity index (χ0) is 19.9. The monoisotopic (exact) mass is 370 g/mol. The molecule has 3 aromatic carbocycles. The second kappa shape index (κ2) is 9.03. The normalized spacial score (nSPS) is 10.1. The summed E-state index contributed by atoms with van der Waals surface area (Å²) in [4.78, 5) is 0. The number of unbranched alkanes of at least 4 members (excludes halogenated alkanes) is 1. The number of benzene rings is 3. The topological polar surface area (TPSA) is 0 Å². The summed E-state index contributed by atoms with van der Waals surface area (Å²) in [5.74, 6) is 6.20. The van der Waals surface area contributed by atoms with Crippen molar-refractivity contribution >= 4 is 0 Å². The van der Waals surface area contributed by atoms with Crippen molar-refractivity contribution in [3.05, 3.63) is 94.6 Å². The first-order valence-electron chi connectivity index (χ1n) is 9.28. The summed E-state index contributed by atoms with van der Waals surface area (Å²) in [6.07, 6.45) is 8.47. The highest BCUT2D eigenvalue weighted by atomic mass is 19.1. The van der Waals surface area contributed by atoms with Gasteiger partial charge in [-0.25, -0.2) is 8.78 Å². The Kier molecular flexibility index (Phi) is 6.25. The van der Waals surface area contributed by atoms with Crippen LogP contribution in [0, 0.1) is 35.8 Å². The highest BCUT2D eigenvalue weighted by molar-refractivity contribution is 5.68. The Morgan fingerprint density at radius 2 is 1.50 bits per heavy atom. The van der Waals surface area contributed by atoms with E-state index in [0.29, 0.717) is 0 Å². The summed E-state index contributed by atoms with van der Waals surface area (Å²) >= 11 is 0. The van der Waals surface area contributed by atoms with E-state index in [1.54, 1.807) is 0 Å². The Bertz CT molecular complexity index is 1050. The summed E-state index contributed by atoms with van der Waals surface area (Å²) in [5.41, 5.74) is 4.36. The van der Waals surface area contributed by atoms with E-state index in [1.165, 1.54) is 11.1 Å². The third-order valence-corrected chi connectivity index (χ3v) is 4.55. The van der Waals surface area contributed by atoms with Gasteiger partial charge in [0.2, 0.25) is 0 Å². The number of rotatable bonds is 4. The standard InChI is InChI=1S/C26H20F2/c1-3-5-8-21-9-6-7-10-24(21)22-15-13-19(14-16-22)11-12-20-17-25(27)23(4-2)26(28)18-20/h2,6-7,9-10,13-18H,3,5,8H2,1H3. The molecule has 138 valence electrons. The Morgan fingerprint density at radius 3 is 2.14 bits per heavy atom. The van der Waals surface area contributed by atoms with Gasteiger partial charge in [0.1, 0.15) is 11.6 Å². The number of halogens is 2. The van der Waals surface area contributed by atoms with E-state index in [1.807, 2.05) is 36.3 Å². The zero-order valence-corrected chi connectivity index (χ0v) is 15.7. The number of aryl methyl sites for hydroxylation is 1. The predicted molar refractivity (Wildman–Crippen MR) is 111 cm³/mol. The lowest BCUT2D eigenvalue weighted by Gasteiger charge is -2.09. The molecule has 0 amide bonds. The van der Waals surface area contributed by atoms with Gasteiger partial charge in [0.05, 0.1) is 5.56 Å². The van der Waals surface area contributed by atoms with Crippen LogP contribution < -0.4 is 0 Å². The Hall–Kier alpha value is -3.36. The highest BCUT2D eigenvalue weighted by Gasteiger charge is 2.08. The van der Waals surface area contributed by atoms with Crippen LogP contribution >= 0.6 is 0 Å². The van der Waals surface area contributed by atoms with Crippen LogP contribution in [0.1, 0.15) is 42.0 Å². The predicted octanol–water partition coefficient (Wildman–Crippen LogP) is 6.36. The molecule has 0 atom stereocenters. The van der Waals surface area contributed by atoms with Crippen molar-refractivity contribution in [2.24, 2.45) is 0 Å². The van der Waals surface area contributed by atoms with Gasteiger partial charge in [-0.05, 0) is 53.8 Å². The molecule has 0 nitrogen and oxygen atoms in total. The van der Waals surface area contributed by atoms with Crippen molar-refractivity contribution in [3.63, 3.8) is 0 Å². The first-order valence-corrected chi connectivity index (χ1v) is 9.28. The molecule has 0 aliphatic heterocycles. The number of terminal acetylenes is 1. The summed E-state index contributed by atoms with van der Waals surface area (Å²) in [6, 6.07) is 18.6. The zero-order valence-electron chi connectivity index (χ0n) is 15.7. The fraction of sp³-hybridized carbons (Fsp3) is 0.154. The Morgan fingerprint density at radius 1 is 0.857 bits per heavy atom. The summed E-state index contributed by atoms with van der Waals surface area (Å²) in [6.45, 7) is 2.19. The smallest absolute Gasteiger partial charge is 0.143 e. The van der Waals surface area contributed by atoms with Crippen LogP contribution in [-0.4, -0.2) is 0 Å². The van der Waals surface area contributed by atoms with Crippen molar-refractivity contribution in [2.45, 2.75) is 26.2 Å². The van der Waals surface area contributed by atoms with Crippen molar-refractivity contribution in [1.82, 2.24) is 0 Å². The fourth-order valence-corrected chi connectivity index (χ4v) is 3.05. The molecule has 2 heteroatoms. The molecule has 0 saturated heterocycles. The molecule has 0 aliphatic carbocycles. The molecule has 3 aromatic rings. The molecular formula is C26H20F2. The Labute approximate surface area is 165 Å². The van der Waals surface area contributed by atoms with Gasteiger partial charge in [-0.3, -0.25) is 0 Å². The fourth-order valence-electron chi connectivity index (χ4n) is 3.05. The van der Waals surface area contributed by atoms with Gasteiger partial charge in [-0.1, -0.05) is 67.5 Å². The van der Waals surface area contributed by atoms with Gasteiger partial charge in [0.15, 0.2) is 0 Å². The molecule has 0 saturated carbocycles. The highest BCUT2D eigenvalue weighted by Crippen LogP contribution is 2.25. The summed E-state index contributed by atoms with van der Waals surface area (Å²) < 4.78 is 27.5. The van der Waals surface area contributed by atoms with Crippen molar-refractivity contribution in [2.75, 3.05) is 0 Å². The maximum absolute atomic E-state index is 13.8. The summed E-state index contributed by atoms with van der Waals surface area (Å²) in [7, 11) is 0. The van der Waals surface area contributed by atoms with Crippen molar-refractivity contribution < 1.29 is 8.78 Å². The molecule has 0 aliphatic rings. The van der Waals surface area contributed by atoms with Crippen LogP contribution in [0.15, 0.2) is 60.7 Å². The van der Waals surface area contributed by atoms with Crippen LogP contribution in [0.3, 0.4) is 0 Å². The molecule has 0 spiro atoms. The van der Waals surface area contributed by atoms with Gasteiger partial charge in [0, 0.05) is 11.1 Å². The van der Waals surface area contributed by atoms with Gasteiger partial charge < -0.3 is 0 Å². The molecule has 0 aromatic heterocycles. The lowest BCUT2D eigenvalue weighted by atomic mass is 9.95. The maximum Gasteiger partial charge on any atom is 0.143 e. The molecule has 3 rings (SSSR count). The maximum atomic E-state index is 13.8. The van der Waals surface area contributed by atoms with Crippen molar-refractivity contribution in [3.8, 4) is 35.3 Å². The third-order valence-electron chi connectivity index (χ3n) is 4.55. The number of hydrogen-bond donors (Lipinski definition) is 0. The molecule has 0 fully saturated rings. The second-order valence-corrected chi connectivity index (χ2v) is 6.55. The first-order chi connectivity index (χ1) is 13.6. The minimum Gasteiger partial charge on any atom is -0.205 e. The second-order valence-electron chi connectivity index (χ2n) is 6.55. The average molecular weight is 370 g/mol. The van der Waals surface area contributed by atoms with Gasteiger partial charge in [0.25, 0.3) is 0 Å². The third kappa shape index (κ3) is 4.48. The quantitative estimate of drug-likeness (QED) is 0.469. The Balaban J connectivity index is 1.84. The van der Waals surface area contributed by atoms with E-state index in [0.717, 1.165) is 42.5 Å². The van der Waals surface area contributed by atoms with Crippen LogP contribution in [0.5, 0.6) is 0 Å².